The maximum Gasteiger partial charge on any atom is 0.303 e. The highest BCUT2D eigenvalue weighted by Gasteiger charge is 2.08. The first-order chi connectivity index (χ1) is 10.6. The molecule has 0 spiro atoms. The molecule has 22 heavy (non-hydrogen) atoms. The predicted octanol–water partition coefficient (Wildman–Crippen LogP) is 2.93. The van der Waals surface area contributed by atoms with Crippen LogP contribution in [0.3, 0.4) is 0 Å². The number of oxime groups is 1. The van der Waals surface area contributed by atoms with Gasteiger partial charge >= 0.3 is 5.97 Å². The minimum atomic E-state index is -0.790. The SMILES string of the molecule is C/C(=N\OCCCCC(=O)O)c1nc2ccccc2nc1C. The van der Waals surface area contributed by atoms with Gasteiger partial charge in [0.15, 0.2) is 0 Å². The van der Waals surface area contributed by atoms with Crippen LogP contribution in [0.4, 0.5) is 0 Å². The third-order valence-electron chi connectivity index (χ3n) is 3.17. The summed E-state index contributed by atoms with van der Waals surface area (Å²) in [5, 5.41) is 12.6. The van der Waals surface area contributed by atoms with E-state index in [1.165, 1.54) is 0 Å². The molecule has 0 unspecified atom stereocenters. The number of carboxylic acids is 1. The van der Waals surface area contributed by atoms with Crippen LogP contribution in [0.1, 0.15) is 37.6 Å². The third-order valence-corrected chi connectivity index (χ3v) is 3.17. The minimum Gasteiger partial charge on any atom is -0.481 e. The number of aliphatic carboxylic acids is 1. The van der Waals surface area contributed by atoms with Crippen molar-refractivity contribution in [2.45, 2.75) is 33.1 Å². The van der Waals surface area contributed by atoms with Crippen LogP contribution >= 0.6 is 0 Å². The van der Waals surface area contributed by atoms with Crippen LogP contribution in [-0.2, 0) is 9.63 Å². The molecule has 0 atom stereocenters. The highest BCUT2D eigenvalue weighted by atomic mass is 16.6. The summed E-state index contributed by atoms with van der Waals surface area (Å²) >= 11 is 0. The van der Waals surface area contributed by atoms with Crippen molar-refractivity contribution in [3.63, 3.8) is 0 Å². The van der Waals surface area contributed by atoms with E-state index in [0.717, 1.165) is 16.7 Å². The molecular weight excluding hydrogens is 282 g/mol. The lowest BCUT2D eigenvalue weighted by molar-refractivity contribution is -0.137. The summed E-state index contributed by atoms with van der Waals surface area (Å²) in [4.78, 5) is 24.7. The first-order valence-electron chi connectivity index (χ1n) is 7.20. The summed E-state index contributed by atoms with van der Waals surface area (Å²) in [6.07, 6.45) is 1.39. The molecule has 6 heteroatoms. The van der Waals surface area contributed by atoms with Crippen molar-refractivity contribution in [3.8, 4) is 0 Å². The summed E-state index contributed by atoms with van der Waals surface area (Å²) < 4.78 is 0. The van der Waals surface area contributed by atoms with Gasteiger partial charge in [0.25, 0.3) is 0 Å². The normalized spacial score (nSPS) is 11.6. The molecule has 0 aliphatic rings. The lowest BCUT2D eigenvalue weighted by atomic mass is 10.2. The molecule has 1 N–H and O–H groups in total. The Morgan fingerprint density at radius 2 is 1.91 bits per heavy atom. The van der Waals surface area contributed by atoms with Crippen LogP contribution < -0.4 is 0 Å². The number of fused-ring (bicyclic) bond motifs is 1. The number of rotatable bonds is 7. The zero-order valence-electron chi connectivity index (χ0n) is 12.7. The molecule has 6 nitrogen and oxygen atoms in total. The standard InChI is InChI=1S/C16H19N3O3/c1-11-16(18-14-8-4-3-7-13(14)17-11)12(2)19-22-10-6-5-9-15(20)21/h3-4,7-8H,5-6,9-10H2,1-2H3,(H,20,21)/b19-12+. The van der Waals surface area contributed by atoms with E-state index in [1.807, 2.05) is 38.1 Å². The van der Waals surface area contributed by atoms with E-state index in [2.05, 4.69) is 15.1 Å². The summed E-state index contributed by atoms with van der Waals surface area (Å²) in [6, 6.07) is 7.68. The molecule has 116 valence electrons. The highest BCUT2D eigenvalue weighted by Crippen LogP contribution is 2.13. The second-order valence-electron chi connectivity index (χ2n) is 5.01. The van der Waals surface area contributed by atoms with Crippen molar-refractivity contribution in [1.29, 1.82) is 0 Å². The largest absolute Gasteiger partial charge is 0.481 e. The second kappa shape index (κ2) is 7.49. The van der Waals surface area contributed by atoms with Gasteiger partial charge in [0.1, 0.15) is 18.0 Å². The number of benzene rings is 1. The first-order valence-corrected chi connectivity index (χ1v) is 7.20. The fourth-order valence-corrected chi connectivity index (χ4v) is 2.06. The van der Waals surface area contributed by atoms with Gasteiger partial charge in [-0.05, 0) is 38.8 Å². The molecule has 0 aliphatic heterocycles. The number of hydrogen-bond acceptors (Lipinski definition) is 5. The van der Waals surface area contributed by atoms with Crippen LogP contribution in [0.2, 0.25) is 0 Å². The van der Waals surface area contributed by atoms with E-state index in [4.69, 9.17) is 9.94 Å². The predicted molar refractivity (Wildman–Crippen MR) is 83.9 cm³/mol. The molecule has 0 saturated carbocycles. The Morgan fingerprint density at radius 1 is 1.23 bits per heavy atom. The molecular formula is C16H19N3O3. The molecule has 0 saturated heterocycles. The number of carbonyl (C=O) groups is 1. The molecule has 0 radical (unpaired) electrons. The van der Waals surface area contributed by atoms with Gasteiger partial charge in [0.2, 0.25) is 0 Å². The van der Waals surface area contributed by atoms with Crippen molar-refractivity contribution in [3.05, 3.63) is 35.7 Å². The van der Waals surface area contributed by atoms with Gasteiger partial charge in [-0.3, -0.25) is 4.79 Å². The molecule has 2 rings (SSSR count). The number of nitrogens with zero attached hydrogens (tertiary/aromatic N) is 3. The molecule has 1 aromatic carbocycles. The van der Waals surface area contributed by atoms with E-state index in [0.29, 0.717) is 30.9 Å². The molecule has 0 amide bonds. The van der Waals surface area contributed by atoms with Crippen LogP contribution in [0.25, 0.3) is 11.0 Å². The third kappa shape index (κ3) is 4.25. The van der Waals surface area contributed by atoms with Gasteiger partial charge in [0.05, 0.1) is 16.7 Å². The van der Waals surface area contributed by atoms with Gasteiger partial charge in [-0.15, -0.1) is 0 Å². The molecule has 2 aromatic rings. The van der Waals surface area contributed by atoms with Crippen molar-refractivity contribution < 1.29 is 14.7 Å². The maximum atomic E-state index is 10.4. The molecule has 0 bridgehead atoms. The Bertz CT molecular complexity index is 698. The van der Waals surface area contributed by atoms with Crippen molar-refractivity contribution in [2.75, 3.05) is 6.61 Å². The Labute approximate surface area is 128 Å². The Morgan fingerprint density at radius 3 is 2.59 bits per heavy atom. The van der Waals surface area contributed by atoms with E-state index in [-0.39, 0.29) is 6.42 Å². The summed E-state index contributed by atoms with van der Waals surface area (Å²) in [7, 11) is 0. The van der Waals surface area contributed by atoms with Crippen LogP contribution in [-0.4, -0.2) is 33.4 Å². The zero-order chi connectivity index (χ0) is 15.9. The molecule has 0 fully saturated rings. The van der Waals surface area contributed by atoms with Crippen LogP contribution in [0.5, 0.6) is 0 Å². The van der Waals surface area contributed by atoms with E-state index in [9.17, 15) is 4.79 Å². The molecule has 1 heterocycles. The average molecular weight is 301 g/mol. The number of para-hydroxylation sites is 2. The number of carboxylic acid groups (broad SMARTS) is 1. The van der Waals surface area contributed by atoms with Crippen LogP contribution in [0, 0.1) is 6.92 Å². The average Bonchev–Trinajstić information content (AvgIpc) is 2.49. The molecule has 0 aliphatic carbocycles. The quantitative estimate of drug-likeness (QED) is 0.483. The fraction of sp³-hybridized carbons (Fsp3) is 0.375. The lowest BCUT2D eigenvalue weighted by Crippen LogP contribution is -2.06. The minimum absolute atomic E-state index is 0.154. The summed E-state index contributed by atoms with van der Waals surface area (Å²) in [5.41, 5.74) is 3.85. The Balaban J connectivity index is 1.99. The van der Waals surface area contributed by atoms with Crippen molar-refractivity contribution in [2.24, 2.45) is 5.16 Å². The first kappa shape index (κ1) is 15.9. The summed E-state index contributed by atoms with van der Waals surface area (Å²) in [5.74, 6) is -0.790. The van der Waals surface area contributed by atoms with E-state index >= 15 is 0 Å². The topological polar surface area (TPSA) is 84.7 Å². The van der Waals surface area contributed by atoms with E-state index in [1.54, 1.807) is 0 Å². The van der Waals surface area contributed by atoms with E-state index < -0.39 is 5.97 Å². The van der Waals surface area contributed by atoms with Crippen LogP contribution in [0.15, 0.2) is 29.4 Å². The van der Waals surface area contributed by atoms with Gasteiger partial charge in [0, 0.05) is 6.42 Å². The number of aromatic nitrogens is 2. The summed E-state index contributed by atoms with van der Waals surface area (Å²) in [6.45, 7) is 4.11. The number of hydrogen-bond donors (Lipinski definition) is 1. The Hall–Kier alpha value is -2.50. The second-order valence-corrected chi connectivity index (χ2v) is 5.01. The monoisotopic (exact) mass is 301 g/mol. The van der Waals surface area contributed by atoms with Gasteiger partial charge < -0.3 is 9.94 Å². The van der Waals surface area contributed by atoms with Crippen molar-refractivity contribution in [1.82, 2.24) is 9.97 Å². The fourth-order valence-electron chi connectivity index (χ4n) is 2.06. The van der Waals surface area contributed by atoms with Gasteiger partial charge in [-0.1, -0.05) is 17.3 Å². The van der Waals surface area contributed by atoms with Gasteiger partial charge in [-0.25, -0.2) is 9.97 Å². The Kier molecular flexibility index (Phi) is 5.41. The number of aryl methyl sites for hydroxylation is 1. The molecule has 1 aromatic heterocycles. The smallest absolute Gasteiger partial charge is 0.303 e. The lowest BCUT2D eigenvalue weighted by Gasteiger charge is -2.06. The van der Waals surface area contributed by atoms with Gasteiger partial charge in [-0.2, -0.15) is 0 Å². The maximum absolute atomic E-state index is 10.4. The zero-order valence-corrected chi connectivity index (χ0v) is 12.7. The number of unbranched alkanes of at least 4 members (excludes halogenated alkanes) is 1. The van der Waals surface area contributed by atoms with Crippen molar-refractivity contribution >= 4 is 22.7 Å². The highest BCUT2D eigenvalue weighted by molar-refractivity contribution is 5.98.